The highest BCUT2D eigenvalue weighted by Crippen LogP contribution is 2.50. The number of hydrogen-bond donors (Lipinski definition) is 2. The fourth-order valence-corrected chi connectivity index (χ4v) is 5.13. The Balaban J connectivity index is 1.38. The van der Waals surface area contributed by atoms with Crippen molar-refractivity contribution in [1.29, 1.82) is 0 Å². The van der Waals surface area contributed by atoms with Crippen molar-refractivity contribution in [3.8, 4) is 0 Å². The van der Waals surface area contributed by atoms with Crippen molar-refractivity contribution in [3.63, 3.8) is 0 Å². The van der Waals surface area contributed by atoms with Crippen molar-refractivity contribution in [1.82, 2.24) is 10.6 Å². The van der Waals surface area contributed by atoms with Crippen LogP contribution in [0.2, 0.25) is 0 Å². The number of nitrogens with one attached hydrogen (secondary N) is 2. The average molecular weight is 571 g/mol. The molecule has 1 aliphatic heterocycles. The first kappa shape index (κ1) is 27.9. The topological polar surface area (TPSA) is 78.5 Å². The molecule has 214 valence electrons. The van der Waals surface area contributed by atoms with Crippen LogP contribution >= 0.6 is 0 Å². The molecule has 0 aromatic heterocycles. The van der Waals surface area contributed by atoms with Crippen LogP contribution in [0, 0.1) is 35.1 Å². The van der Waals surface area contributed by atoms with Crippen molar-refractivity contribution in [2.45, 2.75) is 62.8 Å². The molecule has 2 saturated carbocycles. The minimum Gasteiger partial charge on any atom is -0.344 e. The van der Waals surface area contributed by atoms with E-state index in [-0.39, 0.29) is 24.0 Å². The fourth-order valence-electron chi connectivity index (χ4n) is 5.13. The second-order valence-corrected chi connectivity index (χ2v) is 10.4. The molecule has 1 heterocycles. The first-order valence-electron chi connectivity index (χ1n) is 12.8. The maximum Gasteiger partial charge on any atom is 0.392 e. The van der Waals surface area contributed by atoms with Crippen LogP contribution in [0.4, 0.5) is 36.4 Å². The third kappa shape index (κ3) is 5.50. The number of fused-ring (bicyclic) bond motifs is 1. The third-order valence-electron chi connectivity index (χ3n) is 7.49. The van der Waals surface area contributed by atoms with E-state index < -0.39 is 95.7 Å². The normalized spacial score (nSPS) is 23.2. The van der Waals surface area contributed by atoms with E-state index in [9.17, 15) is 45.1 Å². The first-order chi connectivity index (χ1) is 18.9. The van der Waals surface area contributed by atoms with Gasteiger partial charge in [-0.1, -0.05) is 18.2 Å². The number of carbonyl (C=O) groups excluding carboxylic acids is 3. The quantitative estimate of drug-likeness (QED) is 0.388. The Morgan fingerprint density at radius 3 is 2.33 bits per heavy atom. The maximum absolute atomic E-state index is 14.8. The van der Waals surface area contributed by atoms with Gasteiger partial charge in [0.15, 0.2) is 11.6 Å². The molecule has 13 heteroatoms. The van der Waals surface area contributed by atoms with Gasteiger partial charge in [0.1, 0.15) is 23.7 Å². The van der Waals surface area contributed by atoms with E-state index in [1.54, 1.807) is 0 Å². The third-order valence-corrected chi connectivity index (χ3v) is 7.49. The molecule has 4 atom stereocenters. The summed E-state index contributed by atoms with van der Waals surface area (Å²) >= 11 is 0. The van der Waals surface area contributed by atoms with Gasteiger partial charge in [0, 0.05) is 24.1 Å². The second-order valence-electron chi connectivity index (χ2n) is 10.4. The number of amides is 3. The fraction of sp³-hybridized carbons (Fsp3) is 0.444. The largest absolute Gasteiger partial charge is 0.392 e. The van der Waals surface area contributed by atoms with Crippen molar-refractivity contribution < 1.29 is 45.1 Å². The molecule has 2 unspecified atom stereocenters. The Bertz CT molecular complexity index is 1360. The molecule has 0 bridgehead atoms. The monoisotopic (exact) mass is 571 g/mol. The molecule has 3 aliphatic rings. The summed E-state index contributed by atoms with van der Waals surface area (Å²) in [6, 6.07) is 2.24. The minimum atomic E-state index is -4.59. The number of halogens is 7. The average Bonchev–Trinajstić information content (AvgIpc) is 3.78. The number of rotatable bonds is 7. The summed E-state index contributed by atoms with van der Waals surface area (Å²) in [7, 11) is 0. The van der Waals surface area contributed by atoms with Crippen LogP contribution in [-0.2, 0) is 27.2 Å². The Morgan fingerprint density at radius 2 is 1.70 bits per heavy atom. The number of benzene rings is 2. The van der Waals surface area contributed by atoms with Crippen LogP contribution in [0.5, 0.6) is 0 Å². The molecule has 2 fully saturated rings. The molecule has 2 aliphatic carbocycles. The molecular formula is C27H24F7N3O3. The number of anilines is 1. The number of alkyl halides is 3. The van der Waals surface area contributed by atoms with Crippen LogP contribution in [-0.4, -0.2) is 42.0 Å². The minimum absolute atomic E-state index is 0.00931. The van der Waals surface area contributed by atoms with Gasteiger partial charge >= 0.3 is 6.18 Å². The van der Waals surface area contributed by atoms with Gasteiger partial charge in [-0.2, -0.15) is 13.2 Å². The van der Waals surface area contributed by atoms with Crippen LogP contribution in [0.15, 0.2) is 30.3 Å². The lowest BCUT2D eigenvalue weighted by Crippen LogP contribution is -2.55. The summed E-state index contributed by atoms with van der Waals surface area (Å²) in [4.78, 5) is 40.4. The van der Waals surface area contributed by atoms with E-state index >= 15 is 0 Å². The lowest BCUT2D eigenvalue weighted by molar-refractivity contribution is -0.155. The number of nitrogens with zero attached hydrogens (tertiary/aromatic N) is 1. The van der Waals surface area contributed by atoms with Crippen molar-refractivity contribution in [3.05, 3.63) is 64.7 Å². The van der Waals surface area contributed by atoms with Gasteiger partial charge < -0.3 is 15.5 Å². The van der Waals surface area contributed by atoms with E-state index in [1.807, 2.05) is 0 Å². The summed E-state index contributed by atoms with van der Waals surface area (Å²) < 4.78 is 96.8. The van der Waals surface area contributed by atoms with Crippen molar-refractivity contribution >= 4 is 23.4 Å². The van der Waals surface area contributed by atoms with Gasteiger partial charge in [-0.25, -0.2) is 17.6 Å². The maximum atomic E-state index is 14.8. The SMILES string of the molecule is O=C(N[C@H](Cc1ccccc1F)C(=O)N[C@@H]1CCc2c(F)c(F)cc(F)c2N(C2CC2)C1=O)C1CC1C(F)(F)F. The molecule has 3 amide bonds. The zero-order valence-electron chi connectivity index (χ0n) is 20.8. The zero-order valence-corrected chi connectivity index (χ0v) is 20.8. The first-order valence-corrected chi connectivity index (χ1v) is 12.8. The van der Waals surface area contributed by atoms with Crippen LogP contribution in [0.3, 0.4) is 0 Å². The molecule has 6 nitrogen and oxygen atoms in total. The van der Waals surface area contributed by atoms with Crippen molar-refractivity contribution in [2.24, 2.45) is 11.8 Å². The van der Waals surface area contributed by atoms with Gasteiger partial charge in [0.2, 0.25) is 17.7 Å². The zero-order chi connectivity index (χ0) is 28.9. The molecule has 0 saturated heterocycles. The number of carbonyl (C=O) groups is 3. The Kier molecular flexibility index (Phi) is 7.26. The predicted molar refractivity (Wildman–Crippen MR) is 127 cm³/mol. The predicted octanol–water partition coefficient (Wildman–Crippen LogP) is 4.10. The summed E-state index contributed by atoms with van der Waals surface area (Å²) in [5.41, 5.74) is -0.756. The van der Waals surface area contributed by atoms with Gasteiger partial charge in [0.25, 0.3) is 0 Å². The van der Waals surface area contributed by atoms with E-state index in [4.69, 9.17) is 0 Å². The lowest BCUT2D eigenvalue weighted by Gasteiger charge is -2.28. The standard InChI is InChI=1S/C27H24F7N3O3/c28-17-4-2-1-3-12(17)9-21(36-24(38)15-10-16(15)27(32,33)34)25(39)35-20-8-7-14-22(31)18(29)11-19(30)23(14)37(26(20)40)13-5-6-13/h1-4,11,13,15-16,20-21H,5-10H2,(H,35,39)(H,36,38)/t15?,16?,20-,21-/m1/s1. The highest BCUT2D eigenvalue weighted by molar-refractivity contribution is 6.02. The van der Waals surface area contributed by atoms with E-state index in [1.165, 1.54) is 18.2 Å². The molecule has 0 spiro atoms. The van der Waals surface area contributed by atoms with Crippen LogP contribution < -0.4 is 15.5 Å². The van der Waals surface area contributed by atoms with Crippen LogP contribution in [0.25, 0.3) is 0 Å². The van der Waals surface area contributed by atoms with Gasteiger partial charge in [-0.3, -0.25) is 14.4 Å². The Hall–Kier alpha value is -3.64. The van der Waals surface area contributed by atoms with E-state index in [0.717, 1.165) is 11.0 Å². The van der Waals surface area contributed by atoms with E-state index in [2.05, 4.69) is 10.6 Å². The molecule has 2 aromatic rings. The summed E-state index contributed by atoms with van der Waals surface area (Å²) in [6.07, 6.45) is -5.10. The number of hydrogen-bond acceptors (Lipinski definition) is 3. The van der Waals surface area contributed by atoms with E-state index in [0.29, 0.717) is 18.9 Å². The van der Waals surface area contributed by atoms with Gasteiger partial charge in [-0.15, -0.1) is 0 Å². The highest BCUT2D eigenvalue weighted by atomic mass is 19.4. The Morgan fingerprint density at radius 1 is 1.00 bits per heavy atom. The molecule has 40 heavy (non-hydrogen) atoms. The molecular weight excluding hydrogens is 547 g/mol. The highest BCUT2D eigenvalue weighted by Gasteiger charge is 2.59. The Labute approximate surface area is 223 Å². The summed E-state index contributed by atoms with van der Waals surface area (Å²) in [6.45, 7) is 0. The smallest absolute Gasteiger partial charge is 0.344 e. The molecule has 2 aromatic carbocycles. The summed E-state index contributed by atoms with van der Waals surface area (Å²) in [5, 5.41) is 4.68. The molecule has 5 rings (SSSR count). The van der Waals surface area contributed by atoms with Crippen molar-refractivity contribution in [2.75, 3.05) is 4.90 Å². The second kappa shape index (κ2) is 10.4. The van der Waals surface area contributed by atoms with Gasteiger partial charge in [-0.05, 0) is 43.7 Å². The molecule has 0 radical (unpaired) electrons. The summed E-state index contributed by atoms with van der Waals surface area (Å²) in [5.74, 6) is -10.7. The van der Waals surface area contributed by atoms with Gasteiger partial charge in [0.05, 0.1) is 17.5 Å². The molecule has 2 N–H and O–H groups in total. The lowest BCUT2D eigenvalue weighted by atomic mass is 10.0. The van der Waals surface area contributed by atoms with Crippen LogP contribution in [0.1, 0.15) is 36.8 Å².